The molecule has 0 aliphatic heterocycles. The molecular formula is C11H13FS. The van der Waals surface area contributed by atoms with Gasteiger partial charge in [-0.3, -0.25) is 0 Å². The van der Waals surface area contributed by atoms with E-state index < -0.39 is 0 Å². The smallest absolute Gasteiger partial charge is 0.0812 e. The van der Waals surface area contributed by atoms with Gasteiger partial charge in [0.1, 0.15) is 0 Å². The van der Waals surface area contributed by atoms with E-state index in [0.717, 1.165) is 18.4 Å². The molecule has 1 aromatic carbocycles. The molecule has 0 aromatic heterocycles. The molecule has 13 heavy (non-hydrogen) atoms. The third-order valence-corrected chi connectivity index (χ3v) is 2.34. The van der Waals surface area contributed by atoms with Crippen LogP contribution in [-0.4, -0.2) is 0 Å². The molecule has 0 radical (unpaired) electrons. The summed E-state index contributed by atoms with van der Waals surface area (Å²) in [5.74, 6) is 0. The molecule has 0 atom stereocenters. The maximum Gasteiger partial charge on any atom is 0.0812 e. The zero-order chi connectivity index (χ0) is 9.68. The van der Waals surface area contributed by atoms with Crippen molar-refractivity contribution in [3.63, 3.8) is 0 Å². The lowest BCUT2D eigenvalue weighted by Crippen LogP contribution is -1.89. The maximum atomic E-state index is 12.3. The van der Waals surface area contributed by atoms with E-state index in [1.165, 1.54) is 5.56 Å². The summed E-state index contributed by atoms with van der Waals surface area (Å²) in [5.41, 5.74) is 2.12. The molecule has 0 heterocycles. The predicted octanol–water partition coefficient (Wildman–Crippen LogP) is 4.23. The summed E-state index contributed by atoms with van der Waals surface area (Å²) in [4.78, 5) is 0.504. The summed E-state index contributed by atoms with van der Waals surface area (Å²) in [6.07, 6.45) is 2.05. The number of benzene rings is 1. The van der Waals surface area contributed by atoms with Crippen LogP contribution >= 0.6 is 12.1 Å². The minimum Gasteiger partial charge on any atom is -0.160 e. The van der Waals surface area contributed by atoms with Gasteiger partial charge in [-0.25, -0.2) is 0 Å². The van der Waals surface area contributed by atoms with Crippen molar-refractivity contribution in [2.75, 3.05) is 0 Å². The second kappa shape index (κ2) is 5.07. The van der Waals surface area contributed by atoms with Crippen molar-refractivity contribution < 1.29 is 3.89 Å². The second-order valence-corrected chi connectivity index (χ2v) is 3.55. The third-order valence-electron chi connectivity index (χ3n) is 1.93. The van der Waals surface area contributed by atoms with E-state index in [9.17, 15) is 3.89 Å². The molecule has 0 bridgehead atoms. The molecule has 0 unspecified atom stereocenters. The largest absolute Gasteiger partial charge is 0.160 e. The summed E-state index contributed by atoms with van der Waals surface area (Å²) >= 11 is 0.223. The Morgan fingerprint density at radius 1 is 1.46 bits per heavy atom. The van der Waals surface area contributed by atoms with Gasteiger partial charge in [-0.05, 0) is 17.5 Å². The summed E-state index contributed by atoms with van der Waals surface area (Å²) < 4.78 is 12.3. The predicted molar refractivity (Wildman–Crippen MR) is 58.2 cm³/mol. The van der Waals surface area contributed by atoms with Crippen LogP contribution in [0, 0.1) is 0 Å². The van der Waals surface area contributed by atoms with Gasteiger partial charge in [0.25, 0.3) is 0 Å². The highest BCUT2D eigenvalue weighted by Crippen LogP contribution is 2.29. The van der Waals surface area contributed by atoms with Crippen molar-refractivity contribution in [3.05, 3.63) is 42.0 Å². The van der Waals surface area contributed by atoms with Crippen molar-refractivity contribution in [3.8, 4) is 0 Å². The second-order valence-electron chi connectivity index (χ2n) is 2.91. The minimum atomic E-state index is 0.223. The molecule has 0 fully saturated rings. The SMILES string of the molecule is C=C(SF)c1ccccc1CCC. The van der Waals surface area contributed by atoms with Gasteiger partial charge in [-0.2, -0.15) is 3.89 Å². The Labute approximate surface area is 83.2 Å². The molecule has 0 nitrogen and oxygen atoms in total. The van der Waals surface area contributed by atoms with Crippen LogP contribution in [0.2, 0.25) is 0 Å². The molecule has 0 saturated heterocycles. The highest BCUT2D eigenvalue weighted by atomic mass is 32.2. The normalized spacial score (nSPS) is 10.0. The summed E-state index contributed by atoms with van der Waals surface area (Å²) in [7, 11) is 0. The highest BCUT2D eigenvalue weighted by Gasteiger charge is 2.04. The zero-order valence-electron chi connectivity index (χ0n) is 7.72. The number of hydrogen-bond acceptors (Lipinski definition) is 1. The lowest BCUT2D eigenvalue weighted by atomic mass is 10.0. The first kappa shape index (κ1) is 10.3. The van der Waals surface area contributed by atoms with Crippen LogP contribution in [0.25, 0.3) is 4.91 Å². The Morgan fingerprint density at radius 2 is 2.15 bits per heavy atom. The molecule has 0 N–H and O–H groups in total. The first-order valence-electron chi connectivity index (χ1n) is 4.35. The summed E-state index contributed by atoms with van der Waals surface area (Å²) in [6.45, 7) is 5.79. The Kier molecular flexibility index (Phi) is 4.03. The molecular weight excluding hydrogens is 183 g/mol. The van der Waals surface area contributed by atoms with E-state index in [4.69, 9.17) is 0 Å². The lowest BCUT2D eigenvalue weighted by molar-refractivity contribution is 0.918. The molecule has 0 amide bonds. The van der Waals surface area contributed by atoms with Gasteiger partial charge < -0.3 is 0 Å². The van der Waals surface area contributed by atoms with Gasteiger partial charge >= 0.3 is 0 Å². The van der Waals surface area contributed by atoms with Gasteiger partial charge in [0, 0.05) is 4.91 Å². The number of hydrogen-bond donors (Lipinski definition) is 0. The quantitative estimate of drug-likeness (QED) is 0.694. The molecule has 2 heteroatoms. The van der Waals surface area contributed by atoms with Crippen LogP contribution in [0.4, 0.5) is 3.89 Å². The zero-order valence-corrected chi connectivity index (χ0v) is 8.53. The van der Waals surface area contributed by atoms with Gasteiger partial charge in [-0.1, -0.05) is 44.2 Å². The molecule has 0 spiro atoms. The molecule has 0 saturated carbocycles. The van der Waals surface area contributed by atoms with Gasteiger partial charge in [-0.15, -0.1) is 0 Å². The van der Waals surface area contributed by atoms with Gasteiger partial charge in [0.05, 0.1) is 12.1 Å². The van der Waals surface area contributed by atoms with E-state index in [1.54, 1.807) is 0 Å². The Balaban J connectivity index is 2.97. The number of rotatable bonds is 4. The van der Waals surface area contributed by atoms with E-state index in [1.807, 2.05) is 24.3 Å². The average molecular weight is 196 g/mol. The van der Waals surface area contributed by atoms with Gasteiger partial charge in [0.15, 0.2) is 0 Å². The monoisotopic (exact) mass is 196 g/mol. The fourth-order valence-corrected chi connectivity index (χ4v) is 1.60. The molecule has 0 aliphatic rings. The van der Waals surface area contributed by atoms with Crippen LogP contribution in [-0.2, 0) is 6.42 Å². The minimum absolute atomic E-state index is 0.223. The van der Waals surface area contributed by atoms with E-state index in [2.05, 4.69) is 13.5 Å². The van der Waals surface area contributed by atoms with Crippen LogP contribution in [0.5, 0.6) is 0 Å². The fourth-order valence-electron chi connectivity index (χ4n) is 1.32. The van der Waals surface area contributed by atoms with E-state index >= 15 is 0 Å². The van der Waals surface area contributed by atoms with E-state index in [0.29, 0.717) is 4.91 Å². The summed E-state index contributed by atoms with van der Waals surface area (Å²) in [5, 5.41) is 0. The third kappa shape index (κ3) is 2.59. The topological polar surface area (TPSA) is 0 Å². The first-order chi connectivity index (χ1) is 6.29. The van der Waals surface area contributed by atoms with Gasteiger partial charge in [0.2, 0.25) is 0 Å². The first-order valence-corrected chi connectivity index (χ1v) is 5.07. The van der Waals surface area contributed by atoms with E-state index in [-0.39, 0.29) is 12.1 Å². The standard InChI is InChI=1S/C11H13FS/c1-3-6-10-7-4-5-8-11(10)9(2)13-12/h4-5,7-8H,2-3,6H2,1H3. The molecule has 0 aliphatic carbocycles. The highest BCUT2D eigenvalue weighted by molar-refractivity contribution is 8.03. The van der Waals surface area contributed by atoms with Crippen LogP contribution < -0.4 is 0 Å². The van der Waals surface area contributed by atoms with Crippen molar-refractivity contribution in [2.24, 2.45) is 0 Å². The van der Waals surface area contributed by atoms with Crippen molar-refractivity contribution in [1.82, 2.24) is 0 Å². The number of halogens is 1. The van der Waals surface area contributed by atoms with Crippen LogP contribution in [0.3, 0.4) is 0 Å². The van der Waals surface area contributed by atoms with Crippen molar-refractivity contribution >= 4 is 17.1 Å². The Hall–Kier alpha value is -0.760. The van der Waals surface area contributed by atoms with Crippen LogP contribution in [0.1, 0.15) is 24.5 Å². The fraction of sp³-hybridized carbons (Fsp3) is 0.273. The van der Waals surface area contributed by atoms with Crippen molar-refractivity contribution in [1.29, 1.82) is 0 Å². The van der Waals surface area contributed by atoms with Crippen molar-refractivity contribution in [2.45, 2.75) is 19.8 Å². The van der Waals surface area contributed by atoms with Crippen LogP contribution in [0.15, 0.2) is 30.8 Å². The molecule has 70 valence electrons. The molecule has 1 rings (SSSR count). The summed E-state index contributed by atoms with van der Waals surface area (Å²) in [6, 6.07) is 7.83. The Morgan fingerprint density at radius 3 is 2.77 bits per heavy atom. The Bertz CT molecular complexity index is 294. The lowest BCUT2D eigenvalue weighted by Gasteiger charge is -2.06. The number of aryl methyl sites for hydroxylation is 1. The maximum absolute atomic E-state index is 12.3. The molecule has 1 aromatic rings. The average Bonchev–Trinajstić information content (AvgIpc) is 2.18.